The van der Waals surface area contributed by atoms with Crippen LogP contribution in [0.3, 0.4) is 0 Å². The molecular formula is C10H20Br2Os. The van der Waals surface area contributed by atoms with Crippen molar-refractivity contribution in [3.63, 3.8) is 0 Å². The molecule has 1 aliphatic rings. The van der Waals surface area contributed by atoms with Gasteiger partial charge in [0.25, 0.3) is 0 Å². The summed E-state index contributed by atoms with van der Waals surface area (Å²) in [6.45, 7) is 0. The third-order valence-corrected chi connectivity index (χ3v) is 18.3. The predicted molar refractivity (Wildman–Crippen MR) is 69.0 cm³/mol. The van der Waals surface area contributed by atoms with Crippen LogP contribution in [-0.2, 0) is 6.31 Å². The zero-order valence-corrected chi connectivity index (χ0v) is 14.8. The van der Waals surface area contributed by atoms with Crippen molar-refractivity contribution in [3.05, 3.63) is 22.4 Å². The van der Waals surface area contributed by atoms with Gasteiger partial charge in [-0.3, -0.25) is 0 Å². The first-order chi connectivity index (χ1) is 5.00. The second-order valence-electron chi connectivity index (χ2n) is 7.17. The summed E-state index contributed by atoms with van der Waals surface area (Å²) in [6.07, 6.45) is 3.51. The molecule has 0 unspecified atom stereocenters. The van der Waals surface area contributed by atoms with Crippen molar-refractivity contribution in [2.24, 2.45) is 0 Å². The topological polar surface area (TPSA) is 0 Å². The Kier molecular flexibility index (Phi) is 1.37. The Labute approximate surface area is 88.9 Å². The molecular weight excluding hydrogens is 470 g/mol. The summed E-state index contributed by atoms with van der Waals surface area (Å²) in [5.41, 5.74) is 11.7. The number of hydrogen-bond acceptors (Lipinski definition) is 0. The summed E-state index contributed by atoms with van der Waals surface area (Å²) in [7, 11) is 0. The molecule has 0 amide bonds. The first kappa shape index (κ1) is 12.1. The third-order valence-electron chi connectivity index (χ3n) is 2.02. The van der Waals surface area contributed by atoms with Gasteiger partial charge in [0.2, 0.25) is 0 Å². The fourth-order valence-electron chi connectivity index (χ4n) is 1.17. The van der Waals surface area contributed by atoms with E-state index >= 15 is 0 Å². The molecule has 0 saturated heterocycles. The average Bonchev–Trinajstić information content (AvgIpc) is 1.97. The molecule has 0 spiro atoms. The molecule has 0 saturated carbocycles. The van der Waals surface area contributed by atoms with Gasteiger partial charge < -0.3 is 0 Å². The number of rotatable bonds is 1. The van der Waals surface area contributed by atoms with Crippen LogP contribution in [0.4, 0.5) is 0 Å². The standard InChI is InChI=1S/C5H5.5CH3.2BrH.Os/c1-2-4-5-3-1;;;;;;;;/h1-3H,4H2;5*1H3;2*1H;/q;;;;;;;;+2/p-2. The zero-order valence-electron chi connectivity index (χ0n) is 9.05. The van der Waals surface area contributed by atoms with Crippen LogP contribution in [0, 0.1) is 0 Å². The Bertz CT molecular complexity index is 344. The molecule has 0 N–H and O–H groups in total. The molecule has 0 nitrogen and oxygen atoms in total. The molecule has 0 radical (unpaired) electrons. The fraction of sp³-hybridized carbons (Fsp3) is 0.600. The van der Waals surface area contributed by atoms with Crippen LogP contribution < -0.4 is 0 Å². The van der Waals surface area contributed by atoms with Crippen molar-refractivity contribution in [2.45, 2.75) is 33.8 Å². The Morgan fingerprint density at radius 3 is 1.69 bits per heavy atom. The van der Waals surface area contributed by atoms with Crippen LogP contribution in [0.25, 0.3) is 0 Å². The molecule has 0 bridgehead atoms. The van der Waals surface area contributed by atoms with Crippen molar-refractivity contribution < 1.29 is 6.31 Å². The van der Waals surface area contributed by atoms with Crippen LogP contribution >= 0.6 is 27.1 Å². The monoisotopic (exact) mass is 490 g/mol. The van der Waals surface area contributed by atoms with E-state index in [0.29, 0.717) is 0 Å². The molecule has 0 aromatic carbocycles. The van der Waals surface area contributed by atoms with Gasteiger partial charge in [0.1, 0.15) is 0 Å². The normalized spacial score (nSPS) is 29.6. The van der Waals surface area contributed by atoms with Crippen LogP contribution in [0.1, 0.15) is 6.42 Å². The van der Waals surface area contributed by atoms with E-state index in [1.165, 1.54) is 4.13 Å². The summed E-state index contributed by atoms with van der Waals surface area (Å²) in [4.78, 5) is 0. The first-order valence-electron chi connectivity index (χ1n) is 3.93. The maximum atomic E-state index is 4.10. The van der Waals surface area contributed by atoms with Crippen molar-refractivity contribution in [1.29, 1.82) is 0 Å². The van der Waals surface area contributed by atoms with Gasteiger partial charge in [0, 0.05) is 0 Å². The van der Waals surface area contributed by atoms with Crippen LogP contribution in [0.5, 0.6) is 0 Å². The number of halogens is 2. The molecule has 3 heteroatoms. The van der Waals surface area contributed by atoms with Crippen molar-refractivity contribution in [2.75, 3.05) is 0 Å². The van der Waals surface area contributed by atoms with Crippen molar-refractivity contribution in [1.82, 2.24) is 0 Å². The van der Waals surface area contributed by atoms with E-state index in [1.807, 2.05) is 0 Å². The van der Waals surface area contributed by atoms with Gasteiger partial charge in [-0.2, -0.15) is 0 Å². The quantitative estimate of drug-likeness (QED) is 0.424. The Hall–Kier alpha value is 1.08. The van der Waals surface area contributed by atoms with Crippen LogP contribution in [0.15, 0.2) is 22.4 Å². The molecule has 0 aromatic heterocycles. The maximum absolute atomic E-state index is 4.14. The summed E-state index contributed by atoms with van der Waals surface area (Å²) >= 11 is 8.20. The molecule has 0 aromatic rings. The molecule has 82 valence electrons. The minimum absolute atomic E-state index is 1.05. The molecule has 1 aliphatic carbocycles. The zero-order chi connectivity index (χ0) is 10.8. The molecule has 0 fully saturated rings. The van der Waals surface area contributed by atoms with Crippen LogP contribution in [0.2, 0.25) is 27.4 Å². The van der Waals surface area contributed by atoms with Crippen molar-refractivity contribution in [3.8, 4) is 0 Å². The Morgan fingerprint density at radius 2 is 1.54 bits per heavy atom. The second-order valence-corrected chi connectivity index (χ2v) is 113. The number of hydrogen-bond donors (Lipinski definition) is 0. The summed E-state index contributed by atoms with van der Waals surface area (Å²) < 4.78 is 1.48. The molecule has 0 aliphatic heterocycles. The molecule has 1 rings (SSSR count). The molecule has 0 atom stereocenters. The summed E-state index contributed by atoms with van der Waals surface area (Å²) in [5.74, 6) is 0. The van der Waals surface area contributed by atoms with E-state index in [-0.39, 0.29) is 0 Å². The summed E-state index contributed by atoms with van der Waals surface area (Å²) in [5, 5.41) is 0. The molecule has 13 heavy (non-hydrogen) atoms. The summed E-state index contributed by atoms with van der Waals surface area (Å²) in [6, 6.07) is 0. The second kappa shape index (κ2) is 1.47. The van der Waals surface area contributed by atoms with E-state index < -0.39 is 6.31 Å². The van der Waals surface area contributed by atoms with E-state index in [0.717, 1.165) is 6.42 Å². The van der Waals surface area contributed by atoms with E-state index in [9.17, 15) is 0 Å². The van der Waals surface area contributed by atoms with Gasteiger partial charge in [-0.15, -0.1) is 0 Å². The van der Waals surface area contributed by atoms with Gasteiger partial charge >= 0.3 is 89.6 Å². The van der Waals surface area contributed by atoms with Gasteiger partial charge in [0.15, 0.2) is 0 Å². The fourth-order valence-corrected chi connectivity index (χ4v) is 10.5. The SMILES string of the molecule is [CH3][Os]([CH3])([CH3])([CH3])([CH3])([Br])([Br])[C]1=CC=CC1. The van der Waals surface area contributed by atoms with Gasteiger partial charge in [0.05, 0.1) is 0 Å². The van der Waals surface area contributed by atoms with E-state index in [4.69, 9.17) is 0 Å². The van der Waals surface area contributed by atoms with Gasteiger partial charge in [-0.1, -0.05) is 0 Å². The molecule has 0 heterocycles. The minimum atomic E-state index is -4.14. The predicted octanol–water partition coefficient (Wildman–Crippen LogP) is 5.99. The van der Waals surface area contributed by atoms with E-state index in [1.54, 1.807) is 0 Å². The van der Waals surface area contributed by atoms with Crippen LogP contribution in [-0.4, -0.2) is 0 Å². The van der Waals surface area contributed by atoms with Gasteiger partial charge in [-0.05, 0) is 0 Å². The number of allylic oxidation sites excluding steroid dienone is 4. The Balaban J connectivity index is 3.65. The first-order valence-corrected chi connectivity index (χ1v) is 29.0. The average molecular weight is 490 g/mol. The van der Waals surface area contributed by atoms with Gasteiger partial charge in [-0.25, -0.2) is 0 Å². The third kappa shape index (κ3) is 3.29. The Morgan fingerprint density at radius 1 is 1.08 bits per heavy atom. The van der Waals surface area contributed by atoms with E-state index in [2.05, 4.69) is 72.7 Å². The van der Waals surface area contributed by atoms with Crippen molar-refractivity contribution >= 4 is 27.1 Å².